The van der Waals surface area contributed by atoms with Crippen LogP contribution in [-0.2, 0) is 6.54 Å². The summed E-state index contributed by atoms with van der Waals surface area (Å²) in [6.45, 7) is 10.2. The predicted octanol–water partition coefficient (Wildman–Crippen LogP) is 4.51. The standard InChI is InChI=1S/C18H23NO/c1-5-19-12-16-11-13(2)9-10-18(16)20-17-8-6-7-14(3)15(17)4/h6-11,19H,5,12H2,1-4H3. The Bertz CT molecular complexity index is 590. The first-order chi connectivity index (χ1) is 9.61. The molecule has 2 aromatic carbocycles. The minimum absolute atomic E-state index is 0.832. The van der Waals surface area contributed by atoms with E-state index in [4.69, 9.17) is 4.74 Å². The summed E-state index contributed by atoms with van der Waals surface area (Å²) in [6, 6.07) is 12.5. The van der Waals surface area contributed by atoms with Gasteiger partial charge in [0.05, 0.1) is 0 Å². The first-order valence-electron chi connectivity index (χ1n) is 7.16. The topological polar surface area (TPSA) is 21.3 Å². The monoisotopic (exact) mass is 269 g/mol. The van der Waals surface area contributed by atoms with E-state index >= 15 is 0 Å². The highest BCUT2D eigenvalue weighted by atomic mass is 16.5. The van der Waals surface area contributed by atoms with E-state index in [9.17, 15) is 0 Å². The van der Waals surface area contributed by atoms with Crippen LogP contribution in [0.25, 0.3) is 0 Å². The van der Waals surface area contributed by atoms with Gasteiger partial charge in [-0.05, 0) is 50.6 Å². The lowest BCUT2D eigenvalue weighted by Gasteiger charge is -2.15. The molecule has 2 aromatic rings. The molecule has 1 N–H and O–H groups in total. The van der Waals surface area contributed by atoms with Crippen LogP contribution in [0, 0.1) is 20.8 Å². The van der Waals surface area contributed by atoms with Crippen LogP contribution in [0.1, 0.15) is 29.2 Å². The fourth-order valence-electron chi connectivity index (χ4n) is 2.16. The number of ether oxygens (including phenoxy) is 1. The highest BCUT2D eigenvalue weighted by Crippen LogP contribution is 2.29. The fraction of sp³-hybridized carbons (Fsp3) is 0.333. The quantitative estimate of drug-likeness (QED) is 0.862. The number of aryl methyl sites for hydroxylation is 2. The van der Waals surface area contributed by atoms with Gasteiger partial charge in [-0.1, -0.05) is 36.8 Å². The zero-order valence-electron chi connectivity index (χ0n) is 12.8. The zero-order valence-corrected chi connectivity index (χ0v) is 12.8. The normalized spacial score (nSPS) is 10.6. The Kier molecular flexibility index (Phi) is 4.80. The van der Waals surface area contributed by atoms with Crippen molar-refractivity contribution in [2.45, 2.75) is 34.2 Å². The molecule has 106 valence electrons. The molecular weight excluding hydrogens is 246 g/mol. The maximum atomic E-state index is 6.13. The van der Waals surface area contributed by atoms with Crippen molar-refractivity contribution in [2.75, 3.05) is 6.54 Å². The van der Waals surface area contributed by atoms with Gasteiger partial charge < -0.3 is 10.1 Å². The second-order valence-corrected chi connectivity index (χ2v) is 5.19. The van der Waals surface area contributed by atoms with Crippen molar-refractivity contribution in [3.63, 3.8) is 0 Å². The van der Waals surface area contributed by atoms with Crippen LogP contribution in [0.3, 0.4) is 0 Å². The molecule has 0 saturated heterocycles. The highest BCUT2D eigenvalue weighted by Gasteiger charge is 2.08. The van der Waals surface area contributed by atoms with Crippen molar-refractivity contribution in [3.8, 4) is 11.5 Å². The zero-order chi connectivity index (χ0) is 14.5. The molecule has 0 unspecified atom stereocenters. The molecule has 0 fully saturated rings. The molecule has 0 amide bonds. The number of nitrogens with one attached hydrogen (secondary N) is 1. The summed E-state index contributed by atoms with van der Waals surface area (Å²) in [5.41, 5.74) is 4.91. The Morgan fingerprint density at radius 1 is 1.00 bits per heavy atom. The van der Waals surface area contributed by atoms with E-state index in [-0.39, 0.29) is 0 Å². The third-order valence-corrected chi connectivity index (χ3v) is 3.56. The van der Waals surface area contributed by atoms with E-state index in [1.54, 1.807) is 0 Å². The number of rotatable bonds is 5. The van der Waals surface area contributed by atoms with E-state index in [1.807, 2.05) is 12.1 Å². The third kappa shape index (κ3) is 3.40. The first-order valence-corrected chi connectivity index (χ1v) is 7.16. The van der Waals surface area contributed by atoms with Gasteiger partial charge in [0, 0.05) is 12.1 Å². The average Bonchev–Trinajstić information content (AvgIpc) is 2.44. The Labute approximate surface area is 121 Å². The molecule has 2 heteroatoms. The van der Waals surface area contributed by atoms with Crippen molar-refractivity contribution in [1.29, 1.82) is 0 Å². The lowest BCUT2D eigenvalue weighted by molar-refractivity contribution is 0.469. The van der Waals surface area contributed by atoms with Crippen molar-refractivity contribution >= 4 is 0 Å². The Morgan fingerprint density at radius 2 is 1.80 bits per heavy atom. The number of hydrogen-bond donors (Lipinski definition) is 1. The minimum atomic E-state index is 0.832. The molecule has 0 aromatic heterocycles. The molecular formula is C18H23NO. The SMILES string of the molecule is CCNCc1cc(C)ccc1Oc1cccc(C)c1C. The summed E-state index contributed by atoms with van der Waals surface area (Å²) in [7, 11) is 0. The molecule has 0 bridgehead atoms. The van der Waals surface area contributed by atoms with Gasteiger partial charge in [-0.3, -0.25) is 0 Å². The van der Waals surface area contributed by atoms with Crippen molar-refractivity contribution in [3.05, 3.63) is 58.7 Å². The van der Waals surface area contributed by atoms with Crippen LogP contribution in [0.2, 0.25) is 0 Å². The maximum absolute atomic E-state index is 6.13. The Morgan fingerprint density at radius 3 is 2.55 bits per heavy atom. The van der Waals surface area contributed by atoms with Gasteiger partial charge in [0.1, 0.15) is 11.5 Å². The summed E-state index contributed by atoms with van der Waals surface area (Å²) in [6.07, 6.45) is 0. The molecule has 0 aliphatic rings. The van der Waals surface area contributed by atoms with Gasteiger partial charge in [-0.25, -0.2) is 0 Å². The van der Waals surface area contributed by atoms with Crippen molar-refractivity contribution in [1.82, 2.24) is 5.32 Å². The van der Waals surface area contributed by atoms with Crippen LogP contribution in [0.5, 0.6) is 11.5 Å². The van der Waals surface area contributed by atoms with Crippen molar-refractivity contribution in [2.24, 2.45) is 0 Å². The smallest absolute Gasteiger partial charge is 0.131 e. The van der Waals surface area contributed by atoms with Crippen molar-refractivity contribution < 1.29 is 4.74 Å². The molecule has 0 heterocycles. The molecule has 20 heavy (non-hydrogen) atoms. The summed E-state index contributed by atoms with van der Waals surface area (Å²) in [5.74, 6) is 1.87. The van der Waals surface area contributed by atoms with Gasteiger partial charge in [0.15, 0.2) is 0 Å². The molecule has 2 nitrogen and oxygen atoms in total. The summed E-state index contributed by atoms with van der Waals surface area (Å²) >= 11 is 0. The van der Waals surface area contributed by atoms with Gasteiger partial charge in [0.2, 0.25) is 0 Å². The average molecular weight is 269 g/mol. The van der Waals surface area contributed by atoms with Crippen LogP contribution < -0.4 is 10.1 Å². The van der Waals surface area contributed by atoms with Crippen LogP contribution in [0.4, 0.5) is 0 Å². The summed E-state index contributed by atoms with van der Waals surface area (Å²) in [5, 5.41) is 3.36. The molecule has 0 radical (unpaired) electrons. The Hall–Kier alpha value is -1.80. The molecule has 0 aliphatic carbocycles. The molecule has 2 rings (SSSR count). The van der Waals surface area contributed by atoms with Crippen LogP contribution in [0.15, 0.2) is 36.4 Å². The first kappa shape index (κ1) is 14.6. The fourth-order valence-corrected chi connectivity index (χ4v) is 2.16. The minimum Gasteiger partial charge on any atom is -0.457 e. The molecule has 0 saturated carbocycles. The maximum Gasteiger partial charge on any atom is 0.131 e. The van der Waals surface area contributed by atoms with Crippen LogP contribution in [-0.4, -0.2) is 6.54 Å². The van der Waals surface area contributed by atoms with E-state index in [0.29, 0.717) is 0 Å². The van der Waals surface area contributed by atoms with E-state index in [2.05, 4.69) is 57.3 Å². The summed E-state index contributed by atoms with van der Waals surface area (Å²) < 4.78 is 6.13. The van der Waals surface area contributed by atoms with Gasteiger partial charge in [-0.2, -0.15) is 0 Å². The lowest BCUT2D eigenvalue weighted by atomic mass is 10.1. The largest absolute Gasteiger partial charge is 0.457 e. The van der Waals surface area contributed by atoms with Gasteiger partial charge in [-0.15, -0.1) is 0 Å². The Balaban J connectivity index is 2.30. The molecule has 0 atom stereocenters. The third-order valence-electron chi connectivity index (χ3n) is 3.56. The van der Waals surface area contributed by atoms with E-state index < -0.39 is 0 Å². The lowest BCUT2D eigenvalue weighted by Crippen LogP contribution is -2.12. The number of hydrogen-bond acceptors (Lipinski definition) is 2. The van der Waals surface area contributed by atoms with Gasteiger partial charge >= 0.3 is 0 Å². The number of benzene rings is 2. The van der Waals surface area contributed by atoms with E-state index in [0.717, 1.165) is 24.6 Å². The van der Waals surface area contributed by atoms with E-state index in [1.165, 1.54) is 22.3 Å². The summed E-state index contributed by atoms with van der Waals surface area (Å²) in [4.78, 5) is 0. The molecule has 0 spiro atoms. The predicted molar refractivity (Wildman–Crippen MR) is 84.5 cm³/mol. The molecule has 0 aliphatic heterocycles. The second kappa shape index (κ2) is 6.58. The second-order valence-electron chi connectivity index (χ2n) is 5.19. The van der Waals surface area contributed by atoms with Gasteiger partial charge in [0.25, 0.3) is 0 Å². The highest BCUT2D eigenvalue weighted by molar-refractivity contribution is 5.44. The van der Waals surface area contributed by atoms with Crippen LogP contribution >= 0.6 is 0 Å².